The third-order valence-electron chi connectivity index (χ3n) is 3.41. The first-order valence-corrected chi connectivity index (χ1v) is 7.23. The molecule has 0 saturated carbocycles. The summed E-state index contributed by atoms with van der Waals surface area (Å²) in [4.78, 5) is 27.7. The molecule has 3 rings (SSSR count). The Morgan fingerprint density at radius 1 is 1.30 bits per heavy atom. The molecule has 6 heteroatoms. The summed E-state index contributed by atoms with van der Waals surface area (Å²) in [6.45, 7) is 5.25. The minimum Gasteiger partial charge on any atom is -0.483 e. The van der Waals surface area contributed by atoms with Crippen LogP contribution >= 0.6 is 0 Å². The van der Waals surface area contributed by atoms with Crippen LogP contribution in [-0.2, 0) is 4.79 Å². The van der Waals surface area contributed by atoms with Gasteiger partial charge in [0.15, 0.2) is 0 Å². The fourth-order valence-electron chi connectivity index (χ4n) is 2.53. The average molecular weight is 311 g/mol. The van der Waals surface area contributed by atoms with Gasteiger partial charge in [-0.25, -0.2) is 0 Å². The van der Waals surface area contributed by atoms with E-state index in [4.69, 9.17) is 4.74 Å². The maximum absolute atomic E-state index is 12.3. The van der Waals surface area contributed by atoms with Gasteiger partial charge < -0.3 is 10.1 Å². The van der Waals surface area contributed by atoms with Crippen LogP contribution in [0, 0.1) is 0 Å². The van der Waals surface area contributed by atoms with Gasteiger partial charge >= 0.3 is 0 Å². The van der Waals surface area contributed by atoms with Crippen molar-refractivity contribution in [1.82, 2.24) is 9.55 Å². The Hall–Kier alpha value is -2.89. The van der Waals surface area contributed by atoms with Crippen LogP contribution in [-0.4, -0.2) is 21.1 Å². The van der Waals surface area contributed by atoms with E-state index in [0.29, 0.717) is 17.1 Å². The van der Waals surface area contributed by atoms with Crippen LogP contribution in [0.5, 0.6) is 5.75 Å². The summed E-state index contributed by atoms with van der Waals surface area (Å²) in [6.07, 6.45) is 6.78. The highest BCUT2D eigenvalue weighted by atomic mass is 16.5. The molecule has 2 aromatic rings. The van der Waals surface area contributed by atoms with Gasteiger partial charge in [0.1, 0.15) is 11.4 Å². The fourth-order valence-corrected chi connectivity index (χ4v) is 2.53. The highest BCUT2D eigenvalue weighted by molar-refractivity contribution is 5.88. The Morgan fingerprint density at radius 2 is 2.09 bits per heavy atom. The highest BCUT2D eigenvalue weighted by Gasteiger charge is 2.27. The van der Waals surface area contributed by atoms with E-state index < -0.39 is 5.60 Å². The second-order valence-corrected chi connectivity index (χ2v) is 5.91. The predicted molar refractivity (Wildman–Crippen MR) is 87.3 cm³/mol. The van der Waals surface area contributed by atoms with Gasteiger partial charge in [-0.15, -0.1) is 0 Å². The Bertz CT molecular complexity index is 865. The number of rotatable bonds is 2. The van der Waals surface area contributed by atoms with Gasteiger partial charge in [-0.2, -0.15) is 0 Å². The molecule has 0 unspecified atom stereocenters. The lowest BCUT2D eigenvalue weighted by Gasteiger charge is -2.31. The molecule has 0 bridgehead atoms. The molecular formula is C17H17N3O3. The second kappa shape index (κ2) is 5.39. The molecule has 0 fully saturated rings. The van der Waals surface area contributed by atoms with Gasteiger partial charge in [0.2, 0.25) is 5.91 Å². The molecule has 118 valence electrons. The summed E-state index contributed by atoms with van der Waals surface area (Å²) in [7, 11) is 0. The number of carbonyl (C=O) groups excluding carboxylic acids is 1. The normalized spacial score (nSPS) is 15.2. The molecule has 0 spiro atoms. The lowest BCUT2D eigenvalue weighted by Crippen LogP contribution is -2.32. The van der Waals surface area contributed by atoms with Crippen molar-refractivity contribution >= 4 is 17.3 Å². The molecule has 0 saturated heterocycles. The van der Waals surface area contributed by atoms with Crippen molar-refractivity contribution in [3.63, 3.8) is 0 Å². The summed E-state index contributed by atoms with van der Waals surface area (Å²) in [5.74, 6) is 0.470. The number of fused-ring (bicyclic) bond motifs is 1. The zero-order chi connectivity index (χ0) is 16.6. The topological polar surface area (TPSA) is 73.2 Å². The second-order valence-electron chi connectivity index (χ2n) is 5.91. The zero-order valence-electron chi connectivity index (χ0n) is 13.2. The number of carbonyl (C=O) groups is 1. The molecule has 3 heterocycles. The summed E-state index contributed by atoms with van der Waals surface area (Å²) < 4.78 is 7.40. The van der Waals surface area contributed by atoms with E-state index in [0.717, 1.165) is 5.56 Å². The first kappa shape index (κ1) is 15.0. The van der Waals surface area contributed by atoms with E-state index >= 15 is 0 Å². The number of pyridine rings is 2. The van der Waals surface area contributed by atoms with Crippen molar-refractivity contribution in [1.29, 1.82) is 0 Å². The lowest BCUT2D eigenvalue weighted by molar-refractivity contribution is -0.114. The number of ether oxygens (including phenoxy) is 1. The van der Waals surface area contributed by atoms with Crippen molar-refractivity contribution in [3.8, 4) is 5.75 Å². The van der Waals surface area contributed by atoms with E-state index in [9.17, 15) is 9.59 Å². The van der Waals surface area contributed by atoms with Crippen LogP contribution in [0.3, 0.4) is 0 Å². The van der Waals surface area contributed by atoms with Gasteiger partial charge in [-0.05, 0) is 32.1 Å². The maximum atomic E-state index is 12.3. The van der Waals surface area contributed by atoms with Crippen LogP contribution < -0.4 is 15.6 Å². The summed E-state index contributed by atoms with van der Waals surface area (Å²) in [6, 6.07) is 4.77. The molecule has 23 heavy (non-hydrogen) atoms. The third kappa shape index (κ3) is 3.01. The Balaban J connectivity index is 2.18. The SMILES string of the molecule is CC(=O)Nc1ccc(=O)n(C2=CC(C)(C)Oc3ccncc32)c1. The third-order valence-corrected chi connectivity index (χ3v) is 3.41. The van der Waals surface area contributed by atoms with E-state index in [1.807, 2.05) is 19.9 Å². The van der Waals surface area contributed by atoms with Crippen molar-refractivity contribution in [2.24, 2.45) is 0 Å². The monoisotopic (exact) mass is 311 g/mol. The molecule has 1 amide bonds. The van der Waals surface area contributed by atoms with E-state index in [1.165, 1.54) is 17.6 Å². The summed E-state index contributed by atoms with van der Waals surface area (Å²) in [5, 5.41) is 2.68. The summed E-state index contributed by atoms with van der Waals surface area (Å²) in [5.41, 5.74) is 1.20. The van der Waals surface area contributed by atoms with Gasteiger partial charge in [0.05, 0.1) is 16.9 Å². The van der Waals surface area contributed by atoms with E-state index in [2.05, 4.69) is 10.3 Å². The Morgan fingerprint density at radius 3 is 2.83 bits per heavy atom. The zero-order valence-corrected chi connectivity index (χ0v) is 13.2. The van der Waals surface area contributed by atoms with Gasteiger partial charge in [0.25, 0.3) is 5.56 Å². The molecule has 0 atom stereocenters. The van der Waals surface area contributed by atoms with Crippen LogP contribution in [0.1, 0.15) is 26.3 Å². The van der Waals surface area contributed by atoms with Gasteiger partial charge in [-0.1, -0.05) is 0 Å². The molecule has 1 aliphatic rings. The molecular weight excluding hydrogens is 294 g/mol. The smallest absolute Gasteiger partial charge is 0.255 e. The average Bonchev–Trinajstić information content (AvgIpc) is 2.47. The van der Waals surface area contributed by atoms with Crippen molar-refractivity contribution < 1.29 is 9.53 Å². The molecule has 0 aromatic carbocycles. The lowest BCUT2D eigenvalue weighted by atomic mass is 10.0. The molecule has 0 radical (unpaired) electrons. The Labute approximate surface area is 133 Å². The van der Waals surface area contributed by atoms with Crippen molar-refractivity contribution in [2.75, 3.05) is 5.32 Å². The number of anilines is 1. The minimum absolute atomic E-state index is 0.196. The van der Waals surface area contributed by atoms with Crippen LogP contribution in [0.4, 0.5) is 5.69 Å². The number of hydrogen-bond acceptors (Lipinski definition) is 4. The first-order valence-electron chi connectivity index (χ1n) is 7.23. The number of amides is 1. The standard InChI is InChI=1S/C17H17N3O3/c1-11(21)19-12-4-5-16(22)20(10-12)14-8-17(2,3)23-15-6-7-18-9-13(14)15/h4-10H,1-3H3,(H,19,21). The first-order chi connectivity index (χ1) is 10.9. The van der Waals surface area contributed by atoms with Crippen LogP contribution in [0.25, 0.3) is 5.70 Å². The summed E-state index contributed by atoms with van der Waals surface area (Å²) >= 11 is 0. The molecule has 2 aromatic heterocycles. The number of nitrogens with one attached hydrogen (secondary N) is 1. The molecule has 1 N–H and O–H groups in total. The Kier molecular flexibility index (Phi) is 3.52. The largest absolute Gasteiger partial charge is 0.483 e. The van der Waals surface area contributed by atoms with Crippen LogP contribution in [0.2, 0.25) is 0 Å². The number of aromatic nitrogens is 2. The van der Waals surface area contributed by atoms with Crippen molar-refractivity contribution in [2.45, 2.75) is 26.4 Å². The predicted octanol–water partition coefficient (Wildman–Crippen LogP) is 2.26. The van der Waals surface area contributed by atoms with Crippen molar-refractivity contribution in [3.05, 3.63) is 58.8 Å². The van der Waals surface area contributed by atoms with Gasteiger partial charge in [-0.3, -0.25) is 19.1 Å². The minimum atomic E-state index is -0.562. The van der Waals surface area contributed by atoms with Crippen LogP contribution in [0.15, 0.2) is 47.7 Å². The van der Waals surface area contributed by atoms with E-state index in [-0.39, 0.29) is 11.5 Å². The fraction of sp³-hybridized carbons (Fsp3) is 0.235. The molecule has 0 aliphatic carbocycles. The molecule has 6 nitrogen and oxygen atoms in total. The quantitative estimate of drug-likeness (QED) is 0.923. The highest BCUT2D eigenvalue weighted by Crippen LogP contribution is 2.35. The van der Waals surface area contributed by atoms with Gasteiger partial charge in [0, 0.05) is 31.6 Å². The maximum Gasteiger partial charge on any atom is 0.255 e. The molecule has 1 aliphatic heterocycles. The van der Waals surface area contributed by atoms with E-state index in [1.54, 1.807) is 30.7 Å². The number of hydrogen-bond donors (Lipinski definition) is 1. The number of nitrogens with zero attached hydrogens (tertiary/aromatic N) is 2.